The summed E-state index contributed by atoms with van der Waals surface area (Å²) in [6.45, 7) is 0. The summed E-state index contributed by atoms with van der Waals surface area (Å²) in [7, 11) is 0. The summed E-state index contributed by atoms with van der Waals surface area (Å²) in [6, 6.07) is 0. The van der Waals surface area contributed by atoms with Crippen molar-refractivity contribution in [3.8, 4) is 0 Å². The molecule has 6 heteroatoms. The van der Waals surface area contributed by atoms with Crippen LogP contribution in [0, 0.1) is 0 Å². The quantitative estimate of drug-likeness (QED) is 0.366. The molecule has 0 saturated heterocycles. The van der Waals surface area contributed by atoms with Crippen molar-refractivity contribution in [1.82, 2.24) is 0 Å². The standard InChI is InChI=1S/Al.3ClH.Li.Ti.4H/h;3*1H;;;;;;/q;;;;+1;;;;;-1. The molecule has 0 rings (SSSR count). The first-order chi connectivity index (χ1) is 0. The van der Waals surface area contributed by atoms with Gasteiger partial charge in [0.1, 0.15) is 0 Å². The summed E-state index contributed by atoms with van der Waals surface area (Å²) in [6.07, 6.45) is 0. The molecule has 6 heavy (non-hydrogen) atoms. The maximum atomic E-state index is 0. The van der Waals surface area contributed by atoms with Crippen LogP contribution in [0.15, 0.2) is 0 Å². The van der Waals surface area contributed by atoms with E-state index in [0.717, 1.165) is 0 Å². The van der Waals surface area contributed by atoms with E-state index in [1.165, 1.54) is 0 Å². The molecule has 0 aliphatic rings. The monoisotopic (exact) mass is 194 g/mol. The van der Waals surface area contributed by atoms with Crippen LogP contribution in [-0.4, -0.2) is 17.4 Å². The second-order valence-corrected chi connectivity index (χ2v) is 0. The van der Waals surface area contributed by atoms with Gasteiger partial charge in [-0.1, -0.05) is 0 Å². The topological polar surface area (TPSA) is 0 Å². The fourth-order valence-corrected chi connectivity index (χ4v) is 0. The van der Waals surface area contributed by atoms with E-state index in [1.54, 1.807) is 0 Å². The van der Waals surface area contributed by atoms with Crippen LogP contribution >= 0.6 is 37.2 Å². The third-order valence-electron chi connectivity index (χ3n) is 0. The van der Waals surface area contributed by atoms with Gasteiger partial charge in [-0.25, -0.2) is 0 Å². The fourth-order valence-electron chi connectivity index (χ4n) is 0. The van der Waals surface area contributed by atoms with Crippen molar-refractivity contribution < 1.29 is 42.0 Å². The maximum Gasteiger partial charge on any atom is 1.00 e. The SMILES string of the molecule is Cl.Cl.Cl.[AlH3].[H-].[Li+].[Ti]. The minimum Gasteiger partial charge on any atom is -1.00 e. The summed E-state index contributed by atoms with van der Waals surface area (Å²) in [5.74, 6) is 0. The largest absolute Gasteiger partial charge is 1.00 e. The summed E-state index contributed by atoms with van der Waals surface area (Å²) < 4.78 is 0. The second-order valence-electron chi connectivity index (χ2n) is 0. The van der Waals surface area contributed by atoms with Crippen molar-refractivity contribution in [2.45, 2.75) is 0 Å². The van der Waals surface area contributed by atoms with E-state index in [-0.39, 0.29) is 96.6 Å². The molecule has 0 aliphatic carbocycles. The summed E-state index contributed by atoms with van der Waals surface area (Å²) in [4.78, 5) is 0. The van der Waals surface area contributed by atoms with Gasteiger partial charge in [-0.15, -0.1) is 37.2 Å². The van der Waals surface area contributed by atoms with Crippen LogP contribution < -0.4 is 18.9 Å². The summed E-state index contributed by atoms with van der Waals surface area (Å²) in [5.41, 5.74) is 0. The molecule has 0 fully saturated rings. The minimum absolute atomic E-state index is 0. The normalized spacial score (nSPS) is 0. The van der Waals surface area contributed by atoms with Crippen LogP contribution in [0.1, 0.15) is 1.43 Å². The van der Waals surface area contributed by atoms with Crippen molar-refractivity contribution in [2.75, 3.05) is 0 Å². The Labute approximate surface area is 95.5 Å². The molecular formula is H7AlCl3LiTi. The molecule has 0 atom stereocenters. The molecule has 0 unspecified atom stereocenters. The summed E-state index contributed by atoms with van der Waals surface area (Å²) >= 11 is 0. The van der Waals surface area contributed by atoms with Gasteiger partial charge in [0.25, 0.3) is 0 Å². The van der Waals surface area contributed by atoms with Crippen molar-refractivity contribution in [3.05, 3.63) is 0 Å². The van der Waals surface area contributed by atoms with Crippen molar-refractivity contribution >= 4 is 54.6 Å². The van der Waals surface area contributed by atoms with E-state index < -0.39 is 0 Å². The zero-order chi connectivity index (χ0) is 0. The maximum absolute atomic E-state index is 0. The average molecular weight is 195 g/mol. The molecule has 0 spiro atoms. The van der Waals surface area contributed by atoms with Gasteiger partial charge >= 0.3 is 18.9 Å². The molecule has 0 radical (unpaired) electrons. The van der Waals surface area contributed by atoms with E-state index in [0.29, 0.717) is 0 Å². The third-order valence-corrected chi connectivity index (χ3v) is 0. The number of hydrogen-bond acceptors (Lipinski definition) is 0. The fraction of sp³-hybridized carbons (Fsp3) is 0. The van der Waals surface area contributed by atoms with E-state index in [4.69, 9.17) is 0 Å². The van der Waals surface area contributed by atoms with Gasteiger partial charge in [-0.3, -0.25) is 0 Å². The molecule has 0 nitrogen and oxygen atoms in total. The van der Waals surface area contributed by atoms with Gasteiger partial charge in [0.15, 0.2) is 17.4 Å². The Hall–Kier alpha value is 2.71. The van der Waals surface area contributed by atoms with Crippen LogP contribution in [-0.2, 0) is 21.7 Å². The molecular weight excluding hydrogens is 188 g/mol. The number of halogens is 3. The molecule has 0 aromatic heterocycles. The second kappa shape index (κ2) is 47.2. The van der Waals surface area contributed by atoms with Gasteiger partial charge in [-0.05, 0) is 0 Å². The molecule has 0 amide bonds. The molecule has 0 saturated carbocycles. The molecule has 0 aromatic carbocycles. The molecule has 36 valence electrons. The van der Waals surface area contributed by atoms with Gasteiger partial charge in [0, 0.05) is 21.7 Å². The summed E-state index contributed by atoms with van der Waals surface area (Å²) in [5, 5.41) is 0. The van der Waals surface area contributed by atoms with Crippen LogP contribution in [0.5, 0.6) is 0 Å². The predicted octanol–water partition coefficient (Wildman–Crippen LogP) is -2.80. The predicted molar refractivity (Wildman–Crippen MR) is 32.8 cm³/mol. The number of rotatable bonds is 0. The first kappa shape index (κ1) is 70.4. The Bertz CT molecular complexity index is 14.9. The molecule has 0 aromatic rings. The molecule has 0 aliphatic heterocycles. The zero-order valence-electron chi connectivity index (χ0n) is 3.72. The first-order valence-electron chi connectivity index (χ1n) is 0. The molecule has 0 bridgehead atoms. The Morgan fingerprint density at radius 2 is 0.833 bits per heavy atom. The van der Waals surface area contributed by atoms with Crippen LogP contribution in [0.2, 0.25) is 0 Å². The average Bonchev–Trinajstić information content (AvgIpc) is 0. The van der Waals surface area contributed by atoms with Gasteiger partial charge < -0.3 is 1.43 Å². The van der Waals surface area contributed by atoms with Gasteiger partial charge in [0.05, 0.1) is 0 Å². The minimum atomic E-state index is 0. The number of hydrogen-bond donors (Lipinski definition) is 0. The van der Waals surface area contributed by atoms with Crippen LogP contribution in [0.4, 0.5) is 0 Å². The van der Waals surface area contributed by atoms with Crippen molar-refractivity contribution in [1.29, 1.82) is 0 Å². The van der Waals surface area contributed by atoms with Gasteiger partial charge in [-0.2, -0.15) is 0 Å². The van der Waals surface area contributed by atoms with Crippen molar-refractivity contribution in [2.24, 2.45) is 0 Å². The Kier molecular flexibility index (Phi) is 554. The molecule has 0 N–H and O–H groups in total. The van der Waals surface area contributed by atoms with Crippen LogP contribution in [0.25, 0.3) is 0 Å². The Balaban J connectivity index is 0. The molecule has 0 heterocycles. The van der Waals surface area contributed by atoms with Crippen molar-refractivity contribution in [3.63, 3.8) is 0 Å². The van der Waals surface area contributed by atoms with E-state index in [9.17, 15) is 0 Å². The van der Waals surface area contributed by atoms with Crippen LogP contribution in [0.3, 0.4) is 0 Å². The van der Waals surface area contributed by atoms with E-state index in [1.807, 2.05) is 0 Å². The van der Waals surface area contributed by atoms with E-state index in [2.05, 4.69) is 0 Å². The Morgan fingerprint density at radius 1 is 0.833 bits per heavy atom. The Morgan fingerprint density at radius 3 is 0.833 bits per heavy atom. The van der Waals surface area contributed by atoms with Gasteiger partial charge in [0.2, 0.25) is 0 Å². The van der Waals surface area contributed by atoms with E-state index >= 15 is 0 Å². The third kappa shape index (κ3) is 29.8. The zero-order valence-corrected chi connectivity index (χ0v) is 6.74. The first-order valence-corrected chi connectivity index (χ1v) is 0. The smallest absolute Gasteiger partial charge is 1.00 e.